The van der Waals surface area contributed by atoms with Gasteiger partial charge in [0, 0.05) is 112 Å². The van der Waals surface area contributed by atoms with E-state index in [1.54, 1.807) is 31.4 Å². The predicted molar refractivity (Wildman–Crippen MR) is 350 cm³/mol. The SMILES string of the molecule is Cc1c(-c2ccc(N3CCc4cccc(C(=O)Nc5nc6ccccc6s5)c4C3)nc2C(=O)O)cnn1CC12CC3(C)CC(C)(C1)CC(OCCN(C)C(=O)OCc1ccc(O[C@H]4C[C@@H](O)C[C@@H](C(=O)O)O4)cc1OCCCNC(=O)CCCCCN1C(=O)C=CC1=O)(C3)C2. The highest BCUT2D eigenvalue weighted by molar-refractivity contribution is 7.22. The lowest BCUT2D eigenvalue weighted by Crippen LogP contribution is -2.64. The number of carbonyl (C=O) groups excluding carboxylic acids is 5. The van der Waals surface area contributed by atoms with Crippen LogP contribution in [0.1, 0.15) is 141 Å². The van der Waals surface area contributed by atoms with E-state index in [2.05, 4.69) is 29.5 Å². The van der Waals surface area contributed by atoms with Gasteiger partial charge < -0.3 is 54.1 Å². The maximum atomic E-state index is 13.8. The summed E-state index contributed by atoms with van der Waals surface area (Å²) in [7, 11) is 1.66. The standard InChI is InChI=1S/C70H81N9O15S/c1-43-50(48-19-20-56(74-61(48)64(87)88)77-26-23-44-12-10-13-49(51(44)34-77)62(84)75-65-73-52-14-7-8-15-55(52)95-65)33-72-79(43)42-69-37-67(2)36-68(3,38-69)40-70(39-67,41-69)92-29-27-76(4)66(89)91-35-45-17-18-47(93-60-31-46(80)30-54(94-60)63(85)86)32-53(45)90-28-11-24-71-57(81)16-6-5-9-25-78-58(82)21-22-59(78)83/h7-8,10,12-15,17-22,32-33,46,54,60,80H,5-6,9,11,16,23-31,34-42H2,1-4H3,(H,71,81)(H,85,86)(H,87,88)(H,73,75,84)/t46-,54-,60+,67?,68?,69?,70?/m0/s1. The minimum absolute atomic E-state index is 0.00850. The molecule has 7 aliphatic rings. The third-order valence-electron chi connectivity index (χ3n) is 19.4. The molecule has 3 aromatic carbocycles. The summed E-state index contributed by atoms with van der Waals surface area (Å²) in [6.07, 6.45) is 9.17. The number of ether oxygens (including phenoxy) is 5. The van der Waals surface area contributed by atoms with Crippen LogP contribution in [0.25, 0.3) is 21.3 Å². The molecule has 2 unspecified atom stereocenters. The van der Waals surface area contributed by atoms with E-state index in [1.165, 1.54) is 33.3 Å². The number of pyridine rings is 1. The minimum atomic E-state index is -1.25. The number of amides is 5. The zero-order chi connectivity index (χ0) is 66.8. The molecule has 6 heterocycles. The molecule has 6 aromatic rings. The summed E-state index contributed by atoms with van der Waals surface area (Å²) in [6, 6.07) is 22.0. The van der Waals surface area contributed by atoms with Gasteiger partial charge in [0.25, 0.3) is 17.7 Å². The number of carboxylic acid groups (broad SMARTS) is 2. The van der Waals surface area contributed by atoms with Crippen molar-refractivity contribution in [3.8, 4) is 22.6 Å². The highest BCUT2D eigenvalue weighted by Crippen LogP contribution is 2.72. The van der Waals surface area contributed by atoms with Crippen molar-refractivity contribution in [2.45, 2.75) is 154 Å². The largest absolute Gasteiger partial charge is 0.493 e. The van der Waals surface area contributed by atoms with Crippen molar-refractivity contribution in [1.82, 2.24) is 34.9 Å². The molecule has 24 nitrogen and oxygen atoms in total. The van der Waals surface area contributed by atoms with E-state index in [1.807, 2.05) is 71.1 Å². The van der Waals surface area contributed by atoms with Crippen molar-refractivity contribution >= 4 is 74.2 Å². The molecule has 5 amide bonds. The van der Waals surface area contributed by atoms with Gasteiger partial charge in [-0.05, 0) is 141 Å². The topological polar surface area (TPSA) is 304 Å². The Labute approximate surface area is 553 Å². The molecule has 4 saturated carbocycles. The van der Waals surface area contributed by atoms with Crippen LogP contribution in [0, 0.1) is 23.2 Å². The van der Waals surface area contributed by atoms with Gasteiger partial charge in [-0.3, -0.25) is 34.1 Å². The molecule has 1 saturated heterocycles. The third-order valence-corrected chi connectivity index (χ3v) is 20.4. The zero-order valence-electron chi connectivity index (χ0n) is 53.9. The number of unbranched alkanes of at least 4 members (excludes halogenated alkanes) is 2. The van der Waals surface area contributed by atoms with Gasteiger partial charge in [-0.2, -0.15) is 5.10 Å². The molecule has 502 valence electrons. The van der Waals surface area contributed by atoms with Crippen LogP contribution in [0.5, 0.6) is 11.5 Å². The number of para-hydroxylation sites is 1. The Balaban J connectivity index is 0.656. The van der Waals surface area contributed by atoms with Crippen LogP contribution in [-0.4, -0.2) is 157 Å². The zero-order valence-corrected chi connectivity index (χ0v) is 54.8. The van der Waals surface area contributed by atoms with E-state index in [-0.39, 0.29) is 96.9 Å². The minimum Gasteiger partial charge on any atom is -0.493 e. The van der Waals surface area contributed by atoms with Gasteiger partial charge in [0.15, 0.2) is 16.9 Å². The quantitative estimate of drug-likeness (QED) is 0.0237. The van der Waals surface area contributed by atoms with Gasteiger partial charge in [0.05, 0.1) is 41.3 Å². The average Bonchev–Trinajstić information content (AvgIpc) is 1.62. The fraction of sp³-hybridized carbons (Fsp3) is 0.486. The number of likely N-dealkylation sites (N-methyl/N-ethyl adjacent to an activating group) is 1. The average molecular weight is 1320 g/mol. The molecule has 13 rings (SSSR count). The molecular weight excluding hydrogens is 1240 g/mol. The molecule has 3 aromatic heterocycles. The number of aromatic carboxylic acids is 1. The van der Waals surface area contributed by atoms with Gasteiger partial charge in [-0.1, -0.05) is 55.9 Å². The number of carboxylic acids is 2. The van der Waals surface area contributed by atoms with Crippen molar-refractivity contribution < 1.29 is 72.6 Å². The van der Waals surface area contributed by atoms with Gasteiger partial charge in [0.2, 0.25) is 12.2 Å². The molecule has 3 aliphatic heterocycles. The summed E-state index contributed by atoms with van der Waals surface area (Å²) >= 11 is 1.41. The number of hydrogen-bond donors (Lipinski definition) is 5. The second kappa shape index (κ2) is 27.5. The Hall–Kier alpha value is -8.78. The van der Waals surface area contributed by atoms with Gasteiger partial charge in [0.1, 0.15) is 23.9 Å². The van der Waals surface area contributed by atoms with Crippen molar-refractivity contribution in [2.24, 2.45) is 16.2 Å². The number of fused-ring (bicyclic) bond motifs is 2. The summed E-state index contributed by atoms with van der Waals surface area (Å²) < 4.78 is 33.7. The van der Waals surface area contributed by atoms with Crippen LogP contribution < -0.4 is 25.0 Å². The number of nitrogens with zero attached hydrogens (tertiary/aromatic N) is 7. The fourth-order valence-electron chi connectivity index (χ4n) is 16.2. The van der Waals surface area contributed by atoms with Crippen molar-refractivity contribution in [2.75, 3.05) is 56.7 Å². The lowest BCUT2D eigenvalue weighted by molar-refractivity contribution is -0.248. The third kappa shape index (κ3) is 15.0. The molecule has 4 bridgehead atoms. The molecule has 0 radical (unpaired) electrons. The predicted octanol–water partition coefficient (Wildman–Crippen LogP) is 9.48. The Morgan fingerprint density at radius 2 is 1.64 bits per heavy atom. The first-order valence-corrected chi connectivity index (χ1v) is 33.5. The van der Waals surface area contributed by atoms with E-state index in [9.17, 15) is 48.9 Å². The van der Waals surface area contributed by atoms with Crippen molar-refractivity contribution in [3.63, 3.8) is 0 Å². The molecule has 25 heteroatoms. The Kier molecular flexibility index (Phi) is 19.2. The van der Waals surface area contributed by atoms with Crippen LogP contribution in [0.4, 0.5) is 15.7 Å². The maximum Gasteiger partial charge on any atom is 0.409 e. The van der Waals surface area contributed by atoms with Gasteiger partial charge in [-0.15, -0.1) is 0 Å². The Morgan fingerprint density at radius 1 is 0.853 bits per heavy atom. The highest BCUT2D eigenvalue weighted by atomic mass is 32.1. The first-order chi connectivity index (χ1) is 45.5. The molecule has 95 heavy (non-hydrogen) atoms. The summed E-state index contributed by atoms with van der Waals surface area (Å²) in [5.74, 6) is -2.34. The number of rotatable bonds is 27. The van der Waals surface area contributed by atoms with Crippen molar-refractivity contribution in [3.05, 3.63) is 125 Å². The molecule has 5 atom stereocenters. The molecular formula is C70H81N9O15S. The number of thiazole rings is 1. The number of aromatic nitrogens is 4. The molecule has 5 fully saturated rings. The summed E-state index contributed by atoms with van der Waals surface area (Å²) in [4.78, 5) is 103. The van der Waals surface area contributed by atoms with E-state index in [4.69, 9.17) is 33.8 Å². The number of aliphatic hydroxyl groups excluding tert-OH is 1. The number of aliphatic hydroxyl groups is 1. The summed E-state index contributed by atoms with van der Waals surface area (Å²) in [6.45, 7) is 9.40. The second-order valence-corrected chi connectivity index (χ2v) is 28.4. The van der Waals surface area contributed by atoms with E-state index in [0.717, 1.165) is 65.6 Å². The van der Waals surface area contributed by atoms with Crippen LogP contribution in [0.2, 0.25) is 0 Å². The van der Waals surface area contributed by atoms with Crippen LogP contribution in [0.15, 0.2) is 91.1 Å². The normalized spacial score (nSPS) is 24.2. The lowest BCUT2D eigenvalue weighted by atomic mass is 9.39. The highest BCUT2D eigenvalue weighted by Gasteiger charge is 2.66. The van der Waals surface area contributed by atoms with Gasteiger partial charge in [-0.25, -0.2) is 24.4 Å². The van der Waals surface area contributed by atoms with E-state index in [0.29, 0.717) is 104 Å². The van der Waals surface area contributed by atoms with Crippen LogP contribution >= 0.6 is 11.3 Å². The smallest absolute Gasteiger partial charge is 0.409 e. The number of nitrogens with one attached hydrogen (secondary N) is 2. The van der Waals surface area contributed by atoms with Gasteiger partial charge >= 0.3 is 18.0 Å². The number of anilines is 2. The summed E-state index contributed by atoms with van der Waals surface area (Å²) in [5, 5.41) is 42.1. The first-order valence-electron chi connectivity index (χ1n) is 32.6. The number of hydrogen-bond acceptors (Lipinski definition) is 18. The summed E-state index contributed by atoms with van der Waals surface area (Å²) in [5.41, 5.74) is 5.03. The van der Waals surface area contributed by atoms with Crippen molar-refractivity contribution in [1.29, 1.82) is 0 Å². The molecule has 5 N–H and O–H groups in total. The lowest BCUT2D eigenvalue weighted by Gasteiger charge is -2.69. The monoisotopic (exact) mass is 1320 g/mol. The number of aliphatic carboxylic acids is 1. The molecule has 0 spiro atoms. The molecule has 4 aliphatic carbocycles. The number of benzene rings is 3. The number of carbonyl (C=O) groups is 7. The number of imide groups is 1. The van der Waals surface area contributed by atoms with Crippen LogP contribution in [-0.2, 0) is 59.5 Å². The second-order valence-electron chi connectivity index (χ2n) is 27.3. The van der Waals surface area contributed by atoms with Crippen LogP contribution in [0.3, 0.4) is 0 Å². The Morgan fingerprint density at radius 3 is 2.41 bits per heavy atom. The Bertz CT molecular complexity index is 3910. The van der Waals surface area contributed by atoms with E-state index < -0.39 is 42.1 Å². The van der Waals surface area contributed by atoms with E-state index >= 15 is 0 Å². The first kappa shape index (κ1) is 66.2. The maximum absolute atomic E-state index is 13.8. The fourth-order valence-corrected chi connectivity index (χ4v) is 17.1.